The molecule has 0 unspecified atom stereocenters. The van der Waals surface area contributed by atoms with Crippen molar-refractivity contribution in [2.45, 2.75) is 6.92 Å². The quantitative estimate of drug-likeness (QED) is 0.724. The molecule has 0 spiro atoms. The van der Waals surface area contributed by atoms with E-state index in [1.807, 2.05) is 19.1 Å². The minimum absolute atomic E-state index is 0.0307. The highest BCUT2D eigenvalue weighted by atomic mass is 79.9. The summed E-state index contributed by atoms with van der Waals surface area (Å²) in [5.74, 6) is 2.12. The van der Waals surface area contributed by atoms with Crippen LogP contribution in [0.5, 0.6) is 11.5 Å². The predicted molar refractivity (Wildman–Crippen MR) is 93.4 cm³/mol. The van der Waals surface area contributed by atoms with E-state index in [1.165, 1.54) is 11.8 Å². The van der Waals surface area contributed by atoms with Crippen molar-refractivity contribution in [3.8, 4) is 11.5 Å². The smallest absolute Gasteiger partial charge is 0.244 e. The van der Waals surface area contributed by atoms with Crippen LogP contribution in [0.1, 0.15) is 12.5 Å². The molecule has 0 saturated carbocycles. The summed E-state index contributed by atoms with van der Waals surface area (Å²) in [5.41, 5.74) is 1.28. The van der Waals surface area contributed by atoms with Crippen molar-refractivity contribution in [3.05, 3.63) is 27.9 Å². The van der Waals surface area contributed by atoms with Gasteiger partial charge in [-0.05, 0) is 57.2 Å². The average Bonchev–Trinajstić information content (AvgIpc) is 2.78. The third kappa shape index (κ3) is 3.84. The number of benzene rings is 1. The first-order chi connectivity index (χ1) is 10.1. The molecule has 0 aromatic heterocycles. The summed E-state index contributed by atoms with van der Waals surface area (Å²) in [4.78, 5) is 16.3. The number of thioether (sulfide) groups is 2. The van der Waals surface area contributed by atoms with Gasteiger partial charge in [0.25, 0.3) is 0 Å². The molecule has 0 bridgehead atoms. The van der Waals surface area contributed by atoms with E-state index >= 15 is 0 Å². The van der Waals surface area contributed by atoms with Gasteiger partial charge in [0.15, 0.2) is 11.5 Å². The SMILES string of the molecule is CCSC1=N/C(=C\c2cc(Br)c(OC)c(OC)c2)C(=O)S1. The Morgan fingerprint density at radius 1 is 1.38 bits per heavy atom. The Morgan fingerprint density at radius 3 is 2.76 bits per heavy atom. The molecule has 7 heteroatoms. The molecule has 112 valence electrons. The highest BCUT2D eigenvalue weighted by Gasteiger charge is 2.22. The molecular formula is C14H14BrNO3S2. The first-order valence-corrected chi connectivity index (χ1v) is 8.75. The number of methoxy groups -OCH3 is 2. The van der Waals surface area contributed by atoms with E-state index in [0.717, 1.165) is 20.2 Å². The van der Waals surface area contributed by atoms with Crippen LogP contribution < -0.4 is 9.47 Å². The van der Waals surface area contributed by atoms with Crippen LogP contribution in [-0.2, 0) is 4.79 Å². The van der Waals surface area contributed by atoms with Crippen molar-refractivity contribution in [1.82, 2.24) is 0 Å². The maximum atomic E-state index is 11.9. The topological polar surface area (TPSA) is 47.9 Å². The van der Waals surface area contributed by atoms with Crippen LogP contribution in [0.4, 0.5) is 0 Å². The Hall–Kier alpha value is -0.920. The Kier molecular flexibility index (Phi) is 5.78. The molecule has 0 saturated heterocycles. The van der Waals surface area contributed by atoms with E-state index in [1.54, 1.807) is 32.1 Å². The van der Waals surface area contributed by atoms with Crippen LogP contribution in [0, 0.1) is 0 Å². The van der Waals surface area contributed by atoms with Gasteiger partial charge >= 0.3 is 0 Å². The summed E-state index contributed by atoms with van der Waals surface area (Å²) in [6.07, 6.45) is 1.76. The summed E-state index contributed by atoms with van der Waals surface area (Å²) in [6.45, 7) is 2.03. The standard InChI is InChI=1S/C14H14BrNO3S2/c1-4-20-14-16-10(13(17)21-14)6-8-5-9(15)12(19-3)11(7-8)18-2/h5-7H,4H2,1-3H3/b10-6-. The molecule has 2 rings (SSSR count). The molecule has 1 heterocycles. The highest BCUT2D eigenvalue weighted by molar-refractivity contribution is 9.10. The molecule has 1 aromatic rings. The van der Waals surface area contributed by atoms with E-state index in [9.17, 15) is 4.79 Å². The van der Waals surface area contributed by atoms with Gasteiger partial charge in [0.2, 0.25) is 5.12 Å². The number of aliphatic imine (C=N–C) groups is 1. The number of carbonyl (C=O) groups excluding carboxylic acids is 1. The largest absolute Gasteiger partial charge is 0.493 e. The summed E-state index contributed by atoms with van der Waals surface area (Å²) >= 11 is 6.18. The van der Waals surface area contributed by atoms with Gasteiger partial charge in [0.1, 0.15) is 10.1 Å². The van der Waals surface area contributed by atoms with Crippen LogP contribution in [0.3, 0.4) is 0 Å². The average molecular weight is 388 g/mol. The first-order valence-electron chi connectivity index (χ1n) is 6.16. The van der Waals surface area contributed by atoms with Gasteiger partial charge < -0.3 is 9.47 Å². The van der Waals surface area contributed by atoms with Gasteiger partial charge in [-0.2, -0.15) is 0 Å². The van der Waals surface area contributed by atoms with Crippen molar-refractivity contribution in [3.63, 3.8) is 0 Å². The molecule has 0 amide bonds. The molecular weight excluding hydrogens is 374 g/mol. The van der Waals surface area contributed by atoms with Gasteiger partial charge in [-0.3, -0.25) is 4.79 Å². The maximum absolute atomic E-state index is 11.9. The summed E-state index contributed by atoms with van der Waals surface area (Å²) in [7, 11) is 3.16. The Morgan fingerprint density at radius 2 is 2.14 bits per heavy atom. The minimum Gasteiger partial charge on any atom is -0.493 e. The summed E-state index contributed by atoms with van der Waals surface area (Å²) in [6, 6.07) is 3.68. The van der Waals surface area contributed by atoms with Gasteiger partial charge in [-0.25, -0.2) is 4.99 Å². The van der Waals surface area contributed by atoms with E-state index in [-0.39, 0.29) is 5.12 Å². The molecule has 0 fully saturated rings. The van der Waals surface area contributed by atoms with Crippen LogP contribution in [0.15, 0.2) is 27.3 Å². The number of carbonyl (C=O) groups is 1. The molecule has 0 N–H and O–H groups in total. The van der Waals surface area contributed by atoms with Gasteiger partial charge in [0, 0.05) is 0 Å². The number of halogens is 1. The second kappa shape index (κ2) is 7.38. The normalized spacial score (nSPS) is 16.3. The predicted octanol–water partition coefficient (Wildman–Crippen LogP) is 4.19. The maximum Gasteiger partial charge on any atom is 0.244 e. The van der Waals surface area contributed by atoms with Gasteiger partial charge in [-0.1, -0.05) is 18.7 Å². The van der Waals surface area contributed by atoms with E-state index in [4.69, 9.17) is 9.47 Å². The third-order valence-electron chi connectivity index (χ3n) is 2.63. The molecule has 1 aromatic carbocycles. The molecule has 0 aliphatic carbocycles. The zero-order chi connectivity index (χ0) is 15.4. The first kappa shape index (κ1) is 16.5. The van der Waals surface area contributed by atoms with Crippen molar-refractivity contribution >= 4 is 55.0 Å². The number of hydrogen-bond donors (Lipinski definition) is 0. The Balaban J connectivity index is 2.37. The molecule has 1 aliphatic heterocycles. The molecule has 0 atom stereocenters. The van der Waals surface area contributed by atoms with Crippen LogP contribution in [0.25, 0.3) is 6.08 Å². The fourth-order valence-corrected chi connectivity index (χ4v) is 4.11. The van der Waals surface area contributed by atoms with Crippen LogP contribution in [0.2, 0.25) is 0 Å². The highest BCUT2D eigenvalue weighted by Crippen LogP contribution is 2.38. The Labute approximate surface area is 140 Å². The lowest BCUT2D eigenvalue weighted by atomic mass is 10.1. The van der Waals surface area contributed by atoms with Crippen molar-refractivity contribution in [2.75, 3.05) is 20.0 Å². The minimum atomic E-state index is -0.0307. The molecule has 0 radical (unpaired) electrons. The lowest BCUT2D eigenvalue weighted by Crippen LogP contribution is -1.93. The lowest BCUT2D eigenvalue weighted by Gasteiger charge is -2.10. The molecule has 1 aliphatic rings. The fourth-order valence-electron chi connectivity index (χ4n) is 1.75. The second-order valence-corrected chi connectivity index (χ2v) is 7.30. The fraction of sp³-hybridized carbons (Fsp3) is 0.286. The molecule has 4 nitrogen and oxygen atoms in total. The number of nitrogens with zero attached hydrogens (tertiary/aromatic N) is 1. The van der Waals surface area contributed by atoms with Crippen molar-refractivity contribution in [1.29, 1.82) is 0 Å². The van der Waals surface area contributed by atoms with Crippen LogP contribution >= 0.6 is 39.5 Å². The van der Waals surface area contributed by atoms with Crippen molar-refractivity contribution in [2.24, 2.45) is 4.99 Å². The third-order valence-corrected chi connectivity index (χ3v) is 5.11. The monoisotopic (exact) mass is 387 g/mol. The number of ether oxygens (including phenoxy) is 2. The second-order valence-electron chi connectivity index (χ2n) is 3.97. The van der Waals surface area contributed by atoms with E-state index in [2.05, 4.69) is 20.9 Å². The van der Waals surface area contributed by atoms with E-state index in [0.29, 0.717) is 17.2 Å². The van der Waals surface area contributed by atoms with E-state index < -0.39 is 0 Å². The van der Waals surface area contributed by atoms with Crippen LogP contribution in [-0.4, -0.2) is 29.5 Å². The molecule has 21 heavy (non-hydrogen) atoms. The lowest BCUT2D eigenvalue weighted by molar-refractivity contribution is -0.107. The number of rotatable bonds is 4. The summed E-state index contributed by atoms with van der Waals surface area (Å²) < 4.78 is 12.1. The summed E-state index contributed by atoms with van der Waals surface area (Å²) in [5, 5.41) is -0.0307. The van der Waals surface area contributed by atoms with Crippen molar-refractivity contribution < 1.29 is 14.3 Å². The van der Waals surface area contributed by atoms with Gasteiger partial charge in [-0.15, -0.1) is 0 Å². The van der Waals surface area contributed by atoms with Gasteiger partial charge in [0.05, 0.1) is 18.7 Å². The zero-order valence-corrected chi connectivity index (χ0v) is 15.0. The Bertz CT molecular complexity index is 629. The number of hydrogen-bond acceptors (Lipinski definition) is 6. The zero-order valence-electron chi connectivity index (χ0n) is 11.8.